The predicted octanol–water partition coefficient (Wildman–Crippen LogP) is 1.20. The maximum Gasteiger partial charge on any atom is 0.337 e. The number of ether oxygens (including phenoxy) is 2. The zero-order valence-corrected chi connectivity index (χ0v) is 8.24. The van der Waals surface area contributed by atoms with Crippen molar-refractivity contribution in [2.75, 3.05) is 20.0 Å². The van der Waals surface area contributed by atoms with Crippen LogP contribution in [0.4, 0.5) is 5.69 Å². The molecule has 0 atom stereocenters. The second kappa shape index (κ2) is 4.62. The van der Waals surface area contributed by atoms with E-state index in [1.54, 1.807) is 25.3 Å². The Balaban J connectivity index is 3.00. The third kappa shape index (κ3) is 2.47. The van der Waals surface area contributed by atoms with Gasteiger partial charge in [0.05, 0.1) is 19.3 Å². The number of benzene rings is 1. The van der Waals surface area contributed by atoms with Gasteiger partial charge in [0.1, 0.15) is 0 Å². The van der Waals surface area contributed by atoms with Crippen LogP contribution < -0.4 is 5.73 Å². The van der Waals surface area contributed by atoms with Gasteiger partial charge < -0.3 is 15.2 Å². The summed E-state index contributed by atoms with van der Waals surface area (Å²) in [7, 11) is 2.92. The van der Waals surface area contributed by atoms with Gasteiger partial charge in [0.15, 0.2) is 0 Å². The van der Waals surface area contributed by atoms with E-state index in [2.05, 4.69) is 4.74 Å². The summed E-state index contributed by atoms with van der Waals surface area (Å²) in [6, 6.07) is 5.03. The van der Waals surface area contributed by atoms with E-state index in [9.17, 15) is 4.79 Å². The lowest BCUT2D eigenvalue weighted by molar-refractivity contribution is 0.0600. The van der Waals surface area contributed by atoms with Crippen LogP contribution in [-0.4, -0.2) is 20.2 Å². The van der Waals surface area contributed by atoms with Crippen LogP contribution in [0.2, 0.25) is 0 Å². The highest BCUT2D eigenvalue weighted by Gasteiger charge is 2.07. The Morgan fingerprint density at radius 3 is 2.64 bits per heavy atom. The SMILES string of the molecule is COCc1cc(N)cc(C(=O)OC)c1. The van der Waals surface area contributed by atoms with Crippen molar-refractivity contribution in [3.8, 4) is 0 Å². The Morgan fingerprint density at radius 1 is 1.36 bits per heavy atom. The molecule has 14 heavy (non-hydrogen) atoms. The van der Waals surface area contributed by atoms with Crippen molar-refractivity contribution in [1.29, 1.82) is 0 Å². The smallest absolute Gasteiger partial charge is 0.337 e. The first-order chi connectivity index (χ1) is 6.67. The van der Waals surface area contributed by atoms with Crippen LogP contribution in [0.5, 0.6) is 0 Å². The Hall–Kier alpha value is -1.55. The number of esters is 1. The molecule has 0 unspecified atom stereocenters. The zero-order valence-electron chi connectivity index (χ0n) is 8.24. The molecular weight excluding hydrogens is 182 g/mol. The molecule has 1 aromatic carbocycles. The number of nitrogens with two attached hydrogens (primary N) is 1. The van der Waals surface area contributed by atoms with E-state index >= 15 is 0 Å². The quantitative estimate of drug-likeness (QED) is 0.581. The molecule has 0 amide bonds. The third-order valence-corrected chi connectivity index (χ3v) is 1.75. The van der Waals surface area contributed by atoms with Crippen LogP contribution in [0.25, 0.3) is 0 Å². The van der Waals surface area contributed by atoms with E-state index < -0.39 is 5.97 Å². The predicted molar refractivity (Wildman–Crippen MR) is 52.9 cm³/mol. The molecule has 0 bridgehead atoms. The van der Waals surface area contributed by atoms with Gasteiger partial charge in [-0.1, -0.05) is 0 Å². The van der Waals surface area contributed by atoms with E-state index in [-0.39, 0.29) is 0 Å². The number of carbonyl (C=O) groups excluding carboxylic acids is 1. The molecule has 0 spiro atoms. The molecule has 0 aromatic heterocycles. The third-order valence-electron chi connectivity index (χ3n) is 1.75. The molecule has 0 saturated carbocycles. The Kier molecular flexibility index (Phi) is 3.48. The molecule has 0 heterocycles. The Labute approximate surface area is 82.6 Å². The highest BCUT2D eigenvalue weighted by atomic mass is 16.5. The van der Waals surface area contributed by atoms with Gasteiger partial charge in [0, 0.05) is 12.8 Å². The van der Waals surface area contributed by atoms with Gasteiger partial charge in [0.25, 0.3) is 0 Å². The van der Waals surface area contributed by atoms with Crippen LogP contribution >= 0.6 is 0 Å². The molecule has 0 aliphatic carbocycles. The summed E-state index contributed by atoms with van der Waals surface area (Å²) >= 11 is 0. The molecule has 1 aromatic rings. The van der Waals surface area contributed by atoms with E-state index in [1.807, 2.05) is 0 Å². The second-order valence-corrected chi connectivity index (χ2v) is 2.89. The minimum absolute atomic E-state index is 0.394. The van der Waals surface area contributed by atoms with Gasteiger partial charge in [-0.05, 0) is 23.8 Å². The van der Waals surface area contributed by atoms with Crippen molar-refractivity contribution in [2.45, 2.75) is 6.61 Å². The lowest BCUT2D eigenvalue weighted by Crippen LogP contribution is -2.03. The highest BCUT2D eigenvalue weighted by molar-refractivity contribution is 5.90. The molecule has 0 aliphatic rings. The fourth-order valence-electron chi connectivity index (χ4n) is 1.20. The first-order valence-electron chi connectivity index (χ1n) is 4.14. The van der Waals surface area contributed by atoms with Gasteiger partial charge >= 0.3 is 5.97 Å². The van der Waals surface area contributed by atoms with Gasteiger partial charge in [-0.25, -0.2) is 4.79 Å². The van der Waals surface area contributed by atoms with Crippen molar-refractivity contribution in [3.63, 3.8) is 0 Å². The fourth-order valence-corrected chi connectivity index (χ4v) is 1.20. The van der Waals surface area contributed by atoms with Crippen LogP contribution in [0, 0.1) is 0 Å². The number of nitrogen functional groups attached to an aromatic ring is 1. The van der Waals surface area contributed by atoms with E-state index in [4.69, 9.17) is 10.5 Å². The van der Waals surface area contributed by atoms with Crippen LogP contribution in [0.3, 0.4) is 0 Å². The maximum absolute atomic E-state index is 11.2. The summed E-state index contributed by atoms with van der Waals surface area (Å²) in [5, 5.41) is 0. The molecule has 4 nitrogen and oxygen atoms in total. The van der Waals surface area contributed by atoms with E-state index in [0.717, 1.165) is 5.56 Å². The second-order valence-electron chi connectivity index (χ2n) is 2.89. The fraction of sp³-hybridized carbons (Fsp3) is 0.300. The molecule has 0 fully saturated rings. The van der Waals surface area contributed by atoms with Gasteiger partial charge in [-0.15, -0.1) is 0 Å². The van der Waals surface area contributed by atoms with Gasteiger partial charge in [0.2, 0.25) is 0 Å². The first-order valence-corrected chi connectivity index (χ1v) is 4.14. The number of methoxy groups -OCH3 is 2. The Bertz CT molecular complexity index is 336. The minimum Gasteiger partial charge on any atom is -0.465 e. The number of hydrogen-bond donors (Lipinski definition) is 1. The summed E-state index contributed by atoms with van der Waals surface area (Å²) in [4.78, 5) is 11.2. The van der Waals surface area contributed by atoms with Crippen molar-refractivity contribution in [1.82, 2.24) is 0 Å². The van der Waals surface area contributed by atoms with Gasteiger partial charge in [-0.3, -0.25) is 0 Å². The molecular formula is C10H13NO3. The number of hydrogen-bond acceptors (Lipinski definition) is 4. The molecule has 76 valence electrons. The summed E-state index contributed by atoms with van der Waals surface area (Å²) in [5.74, 6) is -0.394. The van der Waals surface area contributed by atoms with Crippen molar-refractivity contribution < 1.29 is 14.3 Å². The summed E-state index contributed by atoms with van der Waals surface area (Å²) in [6.07, 6.45) is 0. The van der Waals surface area contributed by atoms with E-state index in [0.29, 0.717) is 17.9 Å². The van der Waals surface area contributed by atoms with Crippen LogP contribution in [0.1, 0.15) is 15.9 Å². The highest BCUT2D eigenvalue weighted by Crippen LogP contribution is 2.13. The van der Waals surface area contributed by atoms with Crippen molar-refractivity contribution in [2.24, 2.45) is 0 Å². The molecule has 0 radical (unpaired) electrons. The van der Waals surface area contributed by atoms with Crippen LogP contribution in [-0.2, 0) is 16.1 Å². The van der Waals surface area contributed by atoms with Crippen molar-refractivity contribution >= 4 is 11.7 Å². The van der Waals surface area contributed by atoms with Gasteiger partial charge in [-0.2, -0.15) is 0 Å². The lowest BCUT2D eigenvalue weighted by Gasteiger charge is -2.05. The molecule has 0 aliphatic heterocycles. The van der Waals surface area contributed by atoms with Crippen LogP contribution in [0.15, 0.2) is 18.2 Å². The average Bonchev–Trinajstić information content (AvgIpc) is 2.16. The first kappa shape index (κ1) is 10.5. The molecule has 4 heteroatoms. The largest absolute Gasteiger partial charge is 0.465 e. The lowest BCUT2D eigenvalue weighted by atomic mass is 10.1. The number of rotatable bonds is 3. The zero-order chi connectivity index (χ0) is 10.6. The van der Waals surface area contributed by atoms with E-state index in [1.165, 1.54) is 7.11 Å². The van der Waals surface area contributed by atoms with Crippen molar-refractivity contribution in [3.05, 3.63) is 29.3 Å². The monoisotopic (exact) mass is 195 g/mol. The topological polar surface area (TPSA) is 61.5 Å². The average molecular weight is 195 g/mol. The number of anilines is 1. The summed E-state index contributed by atoms with van der Waals surface area (Å²) in [6.45, 7) is 0.426. The summed E-state index contributed by atoms with van der Waals surface area (Å²) in [5.41, 5.74) is 7.45. The normalized spacial score (nSPS) is 9.86. The molecule has 0 saturated heterocycles. The minimum atomic E-state index is -0.394. The number of carbonyl (C=O) groups is 1. The standard InChI is InChI=1S/C10H13NO3/c1-13-6-7-3-8(10(12)14-2)5-9(11)4-7/h3-5H,6,11H2,1-2H3. The molecule has 2 N–H and O–H groups in total. The molecule has 1 rings (SSSR count). The summed E-state index contributed by atoms with van der Waals surface area (Å²) < 4.78 is 9.53. The Morgan fingerprint density at radius 2 is 2.07 bits per heavy atom. The maximum atomic E-state index is 11.2.